The van der Waals surface area contributed by atoms with E-state index in [0.29, 0.717) is 11.7 Å². The molecule has 2 N–H and O–H groups in total. The number of halogens is 1. The lowest BCUT2D eigenvalue weighted by Crippen LogP contribution is -2.43. The van der Waals surface area contributed by atoms with Crippen LogP contribution in [0.4, 0.5) is 0 Å². The van der Waals surface area contributed by atoms with E-state index in [4.69, 9.17) is 10.3 Å². The van der Waals surface area contributed by atoms with Crippen molar-refractivity contribution in [1.82, 2.24) is 10.1 Å². The highest BCUT2D eigenvalue weighted by molar-refractivity contribution is 9.10. The highest BCUT2D eigenvalue weighted by atomic mass is 79.9. The van der Waals surface area contributed by atoms with Crippen LogP contribution in [-0.2, 0) is 18.4 Å². The molecule has 1 unspecified atom stereocenters. The van der Waals surface area contributed by atoms with E-state index in [1.807, 2.05) is 0 Å². The number of hydrogen-bond donors (Lipinski definition) is 1. The molecule has 1 aromatic carbocycles. The summed E-state index contributed by atoms with van der Waals surface area (Å²) in [6.45, 7) is 0. The van der Waals surface area contributed by atoms with E-state index in [0.717, 1.165) is 42.5 Å². The van der Waals surface area contributed by atoms with E-state index in [-0.39, 0.29) is 0 Å². The third-order valence-electron chi connectivity index (χ3n) is 4.33. The van der Waals surface area contributed by atoms with E-state index in [2.05, 4.69) is 44.3 Å². The van der Waals surface area contributed by atoms with E-state index in [9.17, 15) is 0 Å². The molecule has 0 radical (unpaired) electrons. The zero-order valence-corrected chi connectivity index (χ0v) is 12.7. The van der Waals surface area contributed by atoms with Crippen LogP contribution in [0, 0.1) is 0 Å². The molecule has 0 saturated heterocycles. The summed E-state index contributed by atoms with van der Waals surface area (Å²) in [5.74, 6) is 1.92. The molecule has 104 valence electrons. The zero-order valence-electron chi connectivity index (χ0n) is 11.1. The number of aryl methyl sites for hydroxylation is 1. The van der Waals surface area contributed by atoms with E-state index < -0.39 is 5.54 Å². The second-order valence-electron chi connectivity index (χ2n) is 5.98. The molecule has 1 saturated carbocycles. The van der Waals surface area contributed by atoms with Crippen LogP contribution in [0.2, 0.25) is 0 Å². The van der Waals surface area contributed by atoms with Crippen molar-refractivity contribution in [2.24, 2.45) is 5.73 Å². The fraction of sp³-hybridized carbons (Fsp3) is 0.467. The molecule has 4 nitrogen and oxygen atoms in total. The predicted molar refractivity (Wildman–Crippen MR) is 78.3 cm³/mol. The topological polar surface area (TPSA) is 64.9 Å². The third-order valence-corrected chi connectivity index (χ3v) is 4.82. The van der Waals surface area contributed by atoms with Gasteiger partial charge >= 0.3 is 0 Å². The van der Waals surface area contributed by atoms with Gasteiger partial charge in [0.1, 0.15) is 0 Å². The first-order valence-electron chi connectivity index (χ1n) is 7.04. The smallest absolute Gasteiger partial charge is 0.229 e. The van der Waals surface area contributed by atoms with Gasteiger partial charge in [-0.05, 0) is 55.4 Å². The normalized spacial score (nSPS) is 25.5. The van der Waals surface area contributed by atoms with Gasteiger partial charge in [-0.3, -0.25) is 0 Å². The van der Waals surface area contributed by atoms with Crippen molar-refractivity contribution in [2.75, 3.05) is 0 Å². The highest BCUT2D eigenvalue weighted by Gasteiger charge is 2.38. The van der Waals surface area contributed by atoms with Crippen LogP contribution in [0.25, 0.3) is 0 Å². The fourth-order valence-corrected chi connectivity index (χ4v) is 3.32. The summed E-state index contributed by atoms with van der Waals surface area (Å²) >= 11 is 3.52. The molecule has 0 aliphatic heterocycles. The molecule has 0 spiro atoms. The van der Waals surface area contributed by atoms with Gasteiger partial charge < -0.3 is 10.3 Å². The molecule has 0 amide bonds. The monoisotopic (exact) mass is 333 g/mol. The molecule has 5 heteroatoms. The molecule has 1 heterocycles. The molecule has 1 atom stereocenters. The van der Waals surface area contributed by atoms with Crippen molar-refractivity contribution in [3.05, 3.63) is 45.5 Å². The molecule has 1 aromatic heterocycles. The van der Waals surface area contributed by atoms with Crippen molar-refractivity contribution < 1.29 is 4.52 Å². The molecule has 20 heavy (non-hydrogen) atoms. The summed E-state index contributed by atoms with van der Waals surface area (Å²) in [6.07, 6.45) is 4.92. The van der Waals surface area contributed by atoms with Crippen molar-refractivity contribution in [2.45, 2.75) is 43.6 Å². The number of nitrogens with zero attached hydrogens (tertiary/aromatic N) is 2. The van der Waals surface area contributed by atoms with Gasteiger partial charge in [0.2, 0.25) is 5.89 Å². The SMILES string of the molecule is NC1(c2noc(C3CC3)n2)CCc2cc(Br)ccc2C1. The van der Waals surface area contributed by atoms with Crippen molar-refractivity contribution in [1.29, 1.82) is 0 Å². The van der Waals surface area contributed by atoms with Gasteiger partial charge in [0, 0.05) is 10.4 Å². The first-order valence-corrected chi connectivity index (χ1v) is 7.84. The van der Waals surface area contributed by atoms with Gasteiger partial charge in [0.05, 0.1) is 5.54 Å². The maximum absolute atomic E-state index is 6.57. The minimum absolute atomic E-state index is 0.478. The number of nitrogens with two attached hydrogens (primary N) is 1. The van der Waals surface area contributed by atoms with E-state index >= 15 is 0 Å². The number of fused-ring (bicyclic) bond motifs is 1. The van der Waals surface area contributed by atoms with Crippen molar-refractivity contribution in [3.8, 4) is 0 Å². The molecule has 2 aliphatic carbocycles. The maximum Gasteiger partial charge on any atom is 0.229 e. The number of benzene rings is 1. The first-order chi connectivity index (χ1) is 9.64. The standard InChI is InChI=1S/C15H16BrN3O/c16-12-4-3-11-8-15(17,6-5-10(11)7-12)14-18-13(20-19-14)9-1-2-9/h3-4,7,9H,1-2,5-6,8,17H2. The molecule has 1 fully saturated rings. The fourth-order valence-electron chi connectivity index (χ4n) is 2.91. The average molecular weight is 334 g/mol. The second kappa shape index (κ2) is 4.40. The second-order valence-corrected chi connectivity index (χ2v) is 6.89. The van der Waals surface area contributed by atoms with Crippen molar-refractivity contribution >= 4 is 15.9 Å². The minimum Gasteiger partial charge on any atom is -0.339 e. The molecule has 4 rings (SSSR count). The van der Waals surface area contributed by atoms with Crippen LogP contribution in [-0.4, -0.2) is 10.1 Å². The lowest BCUT2D eigenvalue weighted by molar-refractivity contribution is 0.325. The quantitative estimate of drug-likeness (QED) is 0.917. The third kappa shape index (κ3) is 2.09. The van der Waals surface area contributed by atoms with Crippen LogP contribution in [0.15, 0.2) is 27.2 Å². The molecular weight excluding hydrogens is 318 g/mol. The zero-order chi connectivity index (χ0) is 13.7. The Morgan fingerprint density at radius 3 is 2.95 bits per heavy atom. The summed E-state index contributed by atoms with van der Waals surface area (Å²) in [5.41, 5.74) is 8.74. The van der Waals surface area contributed by atoms with Gasteiger partial charge in [-0.25, -0.2) is 0 Å². The first kappa shape index (κ1) is 12.5. The Kier molecular flexibility index (Phi) is 2.76. The van der Waals surface area contributed by atoms with Gasteiger partial charge in [0.15, 0.2) is 5.82 Å². The average Bonchev–Trinajstić information content (AvgIpc) is 3.16. The Bertz CT molecular complexity index is 665. The van der Waals surface area contributed by atoms with E-state index in [1.165, 1.54) is 11.1 Å². The number of rotatable bonds is 2. The van der Waals surface area contributed by atoms with Crippen LogP contribution in [0.5, 0.6) is 0 Å². The van der Waals surface area contributed by atoms with Crippen LogP contribution in [0.1, 0.15) is 48.0 Å². The summed E-state index contributed by atoms with van der Waals surface area (Å²) < 4.78 is 6.49. The van der Waals surface area contributed by atoms with Crippen LogP contribution >= 0.6 is 15.9 Å². The summed E-state index contributed by atoms with van der Waals surface area (Å²) in [6, 6.07) is 6.39. The van der Waals surface area contributed by atoms with Crippen molar-refractivity contribution in [3.63, 3.8) is 0 Å². The minimum atomic E-state index is -0.489. The van der Waals surface area contributed by atoms with Crippen LogP contribution in [0.3, 0.4) is 0 Å². The Hall–Kier alpha value is -1.20. The maximum atomic E-state index is 6.57. The largest absolute Gasteiger partial charge is 0.339 e. The molecular formula is C15H16BrN3O. The number of aromatic nitrogens is 2. The summed E-state index contributed by atoms with van der Waals surface area (Å²) in [5, 5.41) is 4.14. The lowest BCUT2D eigenvalue weighted by Gasteiger charge is -2.32. The highest BCUT2D eigenvalue weighted by Crippen LogP contribution is 2.40. The Morgan fingerprint density at radius 1 is 1.30 bits per heavy atom. The van der Waals surface area contributed by atoms with Gasteiger partial charge in [0.25, 0.3) is 0 Å². The Labute approximate surface area is 125 Å². The van der Waals surface area contributed by atoms with E-state index in [1.54, 1.807) is 0 Å². The van der Waals surface area contributed by atoms with Crippen LogP contribution < -0.4 is 5.73 Å². The van der Waals surface area contributed by atoms with Gasteiger partial charge in [-0.1, -0.05) is 27.2 Å². The van der Waals surface area contributed by atoms with Gasteiger partial charge in [-0.15, -0.1) is 0 Å². The summed E-state index contributed by atoms with van der Waals surface area (Å²) in [4.78, 5) is 4.55. The molecule has 2 aliphatic rings. The number of hydrogen-bond acceptors (Lipinski definition) is 4. The molecule has 0 bridgehead atoms. The predicted octanol–water partition coefficient (Wildman–Crippen LogP) is 3.05. The lowest BCUT2D eigenvalue weighted by atomic mass is 9.78. The Balaban J connectivity index is 1.65. The summed E-state index contributed by atoms with van der Waals surface area (Å²) in [7, 11) is 0. The molecule has 2 aromatic rings. The van der Waals surface area contributed by atoms with Gasteiger partial charge in [-0.2, -0.15) is 4.98 Å². The Morgan fingerprint density at radius 2 is 2.15 bits per heavy atom.